The lowest BCUT2D eigenvalue weighted by Crippen LogP contribution is -2.34. The summed E-state index contributed by atoms with van der Waals surface area (Å²) in [4.78, 5) is 14.6. The maximum Gasteiger partial charge on any atom is 0.222 e. The smallest absolute Gasteiger partial charge is 0.222 e. The largest absolute Gasteiger partial charge is 0.343 e. The summed E-state index contributed by atoms with van der Waals surface area (Å²) >= 11 is 0. The van der Waals surface area contributed by atoms with Gasteiger partial charge in [-0.25, -0.2) is 0 Å². The van der Waals surface area contributed by atoms with Crippen molar-refractivity contribution in [3.8, 4) is 0 Å². The molecule has 2 fully saturated rings. The SMILES string of the molecule is CCC1CCCN(C(=O)CC2CCC(CN)CC2)CC1. The average molecular weight is 280 g/mol. The first-order chi connectivity index (χ1) is 9.72. The molecule has 1 saturated carbocycles. The van der Waals surface area contributed by atoms with Crippen LogP contribution in [-0.4, -0.2) is 30.4 Å². The molecule has 0 radical (unpaired) electrons. The minimum Gasteiger partial charge on any atom is -0.343 e. The van der Waals surface area contributed by atoms with Crippen LogP contribution in [0.25, 0.3) is 0 Å². The van der Waals surface area contributed by atoms with E-state index in [9.17, 15) is 4.79 Å². The van der Waals surface area contributed by atoms with E-state index in [4.69, 9.17) is 5.73 Å². The van der Waals surface area contributed by atoms with Crippen LogP contribution in [0.4, 0.5) is 0 Å². The summed E-state index contributed by atoms with van der Waals surface area (Å²) in [6, 6.07) is 0. The van der Waals surface area contributed by atoms with Crippen LogP contribution in [0.2, 0.25) is 0 Å². The van der Waals surface area contributed by atoms with Crippen LogP contribution in [0.5, 0.6) is 0 Å². The van der Waals surface area contributed by atoms with Gasteiger partial charge < -0.3 is 10.6 Å². The quantitative estimate of drug-likeness (QED) is 0.859. The minimum absolute atomic E-state index is 0.415. The zero-order chi connectivity index (χ0) is 14.4. The number of nitrogens with zero attached hydrogens (tertiary/aromatic N) is 1. The van der Waals surface area contributed by atoms with E-state index in [2.05, 4.69) is 11.8 Å². The Morgan fingerprint density at radius 3 is 2.35 bits per heavy atom. The molecule has 1 heterocycles. The van der Waals surface area contributed by atoms with Gasteiger partial charge in [-0.15, -0.1) is 0 Å². The molecule has 1 saturated heterocycles. The van der Waals surface area contributed by atoms with Crippen molar-refractivity contribution in [3.63, 3.8) is 0 Å². The molecular formula is C17H32N2O. The number of likely N-dealkylation sites (tertiary alicyclic amines) is 1. The summed E-state index contributed by atoms with van der Waals surface area (Å²) in [5.74, 6) is 2.59. The standard InChI is InChI=1S/C17H32N2O/c1-2-14-4-3-10-19(11-9-14)17(20)12-15-5-7-16(13-18)8-6-15/h14-16H,2-13,18H2,1H3. The van der Waals surface area contributed by atoms with E-state index in [1.807, 2.05) is 0 Å². The van der Waals surface area contributed by atoms with Crippen molar-refractivity contribution in [2.45, 2.75) is 64.7 Å². The minimum atomic E-state index is 0.415. The van der Waals surface area contributed by atoms with Gasteiger partial charge in [0.2, 0.25) is 5.91 Å². The zero-order valence-electron chi connectivity index (χ0n) is 13.2. The molecule has 1 aliphatic heterocycles. The van der Waals surface area contributed by atoms with Crippen molar-refractivity contribution in [1.29, 1.82) is 0 Å². The molecular weight excluding hydrogens is 248 g/mol. The number of nitrogens with two attached hydrogens (primary N) is 1. The Hall–Kier alpha value is -0.570. The molecule has 3 nitrogen and oxygen atoms in total. The van der Waals surface area contributed by atoms with Crippen molar-refractivity contribution in [3.05, 3.63) is 0 Å². The molecule has 1 unspecified atom stereocenters. The lowest BCUT2D eigenvalue weighted by atomic mass is 9.80. The number of amides is 1. The summed E-state index contributed by atoms with van der Waals surface area (Å²) in [6.07, 6.45) is 10.6. The number of carbonyl (C=O) groups excluding carboxylic acids is 1. The average Bonchev–Trinajstić information content (AvgIpc) is 2.73. The fraction of sp³-hybridized carbons (Fsp3) is 0.941. The Labute approximate surface area is 124 Å². The summed E-state index contributed by atoms with van der Waals surface area (Å²) in [7, 11) is 0. The fourth-order valence-electron chi connectivity index (χ4n) is 3.87. The summed E-state index contributed by atoms with van der Waals surface area (Å²) in [6.45, 7) is 5.09. The zero-order valence-corrected chi connectivity index (χ0v) is 13.2. The molecule has 116 valence electrons. The number of hydrogen-bond donors (Lipinski definition) is 1. The Balaban J connectivity index is 1.74. The molecule has 0 aromatic rings. The number of rotatable bonds is 4. The van der Waals surface area contributed by atoms with Crippen LogP contribution < -0.4 is 5.73 Å². The van der Waals surface area contributed by atoms with Crippen LogP contribution >= 0.6 is 0 Å². The monoisotopic (exact) mass is 280 g/mol. The van der Waals surface area contributed by atoms with Crippen LogP contribution in [0, 0.1) is 17.8 Å². The predicted octanol–water partition coefficient (Wildman–Crippen LogP) is 3.18. The molecule has 2 rings (SSSR count). The van der Waals surface area contributed by atoms with Crippen LogP contribution in [0.1, 0.15) is 64.7 Å². The molecule has 0 spiro atoms. The first-order valence-corrected chi connectivity index (χ1v) is 8.70. The van der Waals surface area contributed by atoms with Crippen LogP contribution in [-0.2, 0) is 4.79 Å². The predicted molar refractivity (Wildman–Crippen MR) is 83.3 cm³/mol. The van der Waals surface area contributed by atoms with Crippen LogP contribution in [0.3, 0.4) is 0 Å². The fourth-order valence-corrected chi connectivity index (χ4v) is 3.87. The van der Waals surface area contributed by atoms with E-state index >= 15 is 0 Å². The third-order valence-electron chi connectivity index (χ3n) is 5.54. The van der Waals surface area contributed by atoms with E-state index in [1.165, 1.54) is 51.4 Å². The van der Waals surface area contributed by atoms with Gasteiger partial charge in [-0.3, -0.25) is 4.79 Å². The molecule has 1 atom stereocenters. The summed E-state index contributed by atoms with van der Waals surface area (Å²) in [5.41, 5.74) is 5.74. The van der Waals surface area contributed by atoms with Crippen molar-refractivity contribution in [1.82, 2.24) is 4.90 Å². The highest BCUT2D eigenvalue weighted by molar-refractivity contribution is 5.76. The Bertz CT molecular complexity index is 297. The van der Waals surface area contributed by atoms with Gasteiger partial charge in [0.05, 0.1) is 0 Å². The molecule has 20 heavy (non-hydrogen) atoms. The lowest BCUT2D eigenvalue weighted by molar-refractivity contribution is -0.132. The van der Waals surface area contributed by atoms with E-state index in [1.54, 1.807) is 0 Å². The van der Waals surface area contributed by atoms with Gasteiger partial charge in [0.25, 0.3) is 0 Å². The highest BCUT2D eigenvalue weighted by Crippen LogP contribution is 2.31. The highest BCUT2D eigenvalue weighted by Gasteiger charge is 2.25. The van der Waals surface area contributed by atoms with E-state index in [0.717, 1.165) is 32.0 Å². The topological polar surface area (TPSA) is 46.3 Å². The molecule has 2 N–H and O–H groups in total. The molecule has 3 heteroatoms. The molecule has 0 bridgehead atoms. The van der Waals surface area contributed by atoms with Crippen molar-refractivity contribution in [2.75, 3.05) is 19.6 Å². The number of hydrogen-bond acceptors (Lipinski definition) is 2. The van der Waals surface area contributed by atoms with Gasteiger partial charge >= 0.3 is 0 Å². The van der Waals surface area contributed by atoms with Gasteiger partial charge in [0.15, 0.2) is 0 Å². The summed E-state index contributed by atoms with van der Waals surface area (Å²) in [5, 5.41) is 0. The van der Waals surface area contributed by atoms with Gasteiger partial charge in [-0.1, -0.05) is 13.3 Å². The molecule has 1 amide bonds. The highest BCUT2D eigenvalue weighted by atomic mass is 16.2. The van der Waals surface area contributed by atoms with Crippen molar-refractivity contribution >= 4 is 5.91 Å². The van der Waals surface area contributed by atoms with Crippen molar-refractivity contribution in [2.24, 2.45) is 23.5 Å². The van der Waals surface area contributed by atoms with E-state index in [0.29, 0.717) is 17.7 Å². The first-order valence-electron chi connectivity index (χ1n) is 8.70. The van der Waals surface area contributed by atoms with Gasteiger partial charge in [-0.2, -0.15) is 0 Å². The van der Waals surface area contributed by atoms with Crippen LogP contribution in [0.15, 0.2) is 0 Å². The number of carbonyl (C=O) groups is 1. The van der Waals surface area contributed by atoms with Crippen molar-refractivity contribution < 1.29 is 4.79 Å². The second-order valence-corrected chi connectivity index (χ2v) is 6.91. The first kappa shape index (κ1) is 15.8. The van der Waals surface area contributed by atoms with Gasteiger partial charge in [0, 0.05) is 19.5 Å². The Morgan fingerprint density at radius 1 is 1.00 bits per heavy atom. The van der Waals surface area contributed by atoms with E-state index < -0.39 is 0 Å². The lowest BCUT2D eigenvalue weighted by Gasteiger charge is -2.29. The second-order valence-electron chi connectivity index (χ2n) is 6.91. The third-order valence-corrected chi connectivity index (χ3v) is 5.54. The maximum atomic E-state index is 12.5. The normalized spacial score (nSPS) is 31.9. The Morgan fingerprint density at radius 2 is 1.70 bits per heavy atom. The molecule has 0 aromatic heterocycles. The second kappa shape index (κ2) is 8.02. The molecule has 1 aliphatic carbocycles. The third kappa shape index (κ3) is 4.47. The van der Waals surface area contributed by atoms with Gasteiger partial charge in [-0.05, 0) is 69.2 Å². The van der Waals surface area contributed by atoms with E-state index in [-0.39, 0.29) is 0 Å². The molecule has 0 aromatic carbocycles. The summed E-state index contributed by atoms with van der Waals surface area (Å²) < 4.78 is 0. The maximum absolute atomic E-state index is 12.5. The van der Waals surface area contributed by atoms with Gasteiger partial charge in [0.1, 0.15) is 0 Å². The Kier molecular flexibility index (Phi) is 6.34. The molecule has 2 aliphatic rings.